The molecule has 1 aromatic heterocycles. The first-order valence-electron chi connectivity index (χ1n) is 10.3. The van der Waals surface area contributed by atoms with Gasteiger partial charge in [0.25, 0.3) is 0 Å². The average molecular weight is 373 g/mol. The van der Waals surface area contributed by atoms with Crippen LogP contribution in [0.4, 0.5) is 0 Å². The molecule has 1 nitrogen and oxygen atoms in total. The number of para-hydroxylation sites is 1. The Bertz CT molecular complexity index is 1430. The first kappa shape index (κ1) is 16.6. The molecule has 0 saturated heterocycles. The van der Waals surface area contributed by atoms with Crippen LogP contribution in [0.1, 0.15) is 25.0 Å². The van der Waals surface area contributed by atoms with Crippen molar-refractivity contribution in [3.8, 4) is 22.3 Å². The Balaban J connectivity index is 1.58. The maximum absolute atomic E-state index is 2.38. The lowest BCUT2D eigenvalue weighted by Crippen LogP contribution is -2.14. The summed E-state index contributed by atoms with van der Waals surface area (Å²) >= 11 is 0. The molecule has 1 aliphatic rings. The second kappa shape index (κ2) is 5.61. The molecule has 4 aromatic carbocycles. The number of aromatic nitrogens is 1. The predicted octanol–water partition coefficient (Wildman–Crippen LogP) is 7.30. The van der Waals surface area contributed by atoms with Gasteiger partial charge in [-0.1, -0.05) is 74.5 Å². The number of benzene rings is 4. The van der Waals surface area contributed by atoms with Crippen molar-refractivity contribution < 1.29 is 0 Å². The molecule has 0 atom stereocenters. The van der Waals surface area contributed by atoms with E-state index in [9.17, 15) is 0 Å². The zero-order valence-corrected chi connectivity index (χ0v) is 17.0. The van der Waals surface area contributed by atoms with Crippen molar-refractivity contribution in [2.75, 3.05) is 0 Å². The predicted molar refractivity (Wildman–Crippen MR) is 123 cm³/mol. The number of hydrogen-bond donors (Lipinski definition) is 0. The van der Waals surface area contributed by atoms with Gasteiger partial charge in [-0.2, -0.15) is 0 Å². The standard InChI is InChI=1S/C28H23N/c1-28(2)24-10-6-4-8-20(24)22-16-18(12-14-25(22)28)19-13-15-27-23(17-19)21-9-5-7-11-26(21)29(27)3/h4-17H,1-3H3. The minimum absolute atomic E-state index is 0.0596. The lowest BCUT2D eigenvalue weighted by molar-refractivity contribution is 0.660. The van der Waals surface area contributed by atoms with Crippen LogP contribution in [0.3, 0.4) is 0 Å². The maximum Gasteiger partial charge on any atom is 0.0489 e. The minimum Gasteiger partial charge on any atom is -0.344 e. The average Bonchev–Trinajstić information content (AvgIpc) is 3.17. The molecule has 0 fully saturated rings. The molecule has 1 heteroatoms. The Morgan fingerprint density at radius 1 is 0.586 bits per heavy atom. The van der Waals surface area contributed by atoms with Crippen LogP contribution in [-0.4, -0.2) is 4.57 Å². The second-order valence-corrected chi connectivity index (χ2v) is 8.74. The van der Waals surface area contributed by atoms with Crippen molar-refractivity contribution in [2.45, 2.75) is 19.3 Å². The van der Waals surface area contributed by atoms with E-state index in [1.165, 1.54) is 55.2 Å². The van der Waals surface area contributed by atoms with Gasteiger partial charge in [0.15, 0.2) is 0 Å². The molecular formula is C28H23N. The van der Waals surface area contributed by atoms with E-state index in [-0.39, 0.29) is 5.41 Å². The van der Waals surface area contributed by atoms with Gasteiger partial charge in [0.2, 0.25) is 0 Å². The lowest BCUT2D eigenvalue weighted by Gasteiger charge is -2.21. The lowest BCUT2D eigenvalue weighted by atomic mass is 9.82. The van der Waals surface area contributed by atoms with Gasteiger partial charge in [-0.3, -0.25) is 0 Å². The summed E-state index contributed by atoms with van der Waals surface area (Å²) in [5, 5.41) is 2.64. The SMILES string of the molecule is Cn1c2ccccc2c2cc(-c3ccc4c(c3)-c3ccccc3C4(C)C)ccc21. The largest absolute Gasteiger partial charge is 0.344 e. The molecule has 0 spiro atoms. The van der Waals surface area contributed by atoms with Crippen LogP contribution in [0.25, 0.3) is 44.1 Å². The molecule has 5 aromatic rings. The third-order valence-electron chi connectivity index (χ3n) is 6.83. The van der Waals surface area contributed by atoms with E-state index in [1.54, 1.807) is 0 Å². The van der Waals surface area contributed by atoms with Crippen LogP contribution < -0.4 is 0 Å². The fraction of sp³-hybridized carbons (Fsp3) is 0.143. The van der Waals surface area contributed by atoms with Crippen molar-refractivity contribution in [1.82, 2.24) is 4.57 Å². The van der Waals surface area contributed by atoms with Crippen LogP contribution in [0.2, 0.25) is 0 Å². The fourth-order valence-corrected chi connectivity index (χ4v) is 5.25. The van der Waals surface area contributed by atoms with Crippen LogP contribution in [0.15, 0.2) is 84.9 Å². The van der Waals surface area contributed by atoms with Gasteiger partial charge in [-0.25, -0.2) is 0 Å². The van der Waals surface area contributed by atoms with E-state index >= 15 is 0 Å². The highest BCUT2D eigenvalue weighted by Crippen LogP contribution is 2.49. The highest BCUT2D eigenvalue weighted by atomic mass is 14.9. The first-order valence-corrected chi connectivity index (χ1v) is 10.3. The minimum atomic E-state index is 0.0596. The van der Waals surface area contributed by atoms with E-state index in [4.69, 9.17) is 0 Å². The van der Waals surface area contributed by atoms with Gasteiger partial charge in [-0.05, 0) is 57.6 Å². The summed E-state index contributed by atoms with van der Waals surface area (Å²) in [4.78, 5) is 0. The molecule has 0 N–H and O–H groups in total. The summed E-state index contributed by atoms with van der Waals surface area (Å²) < 4.78 is 2.29. The molecular weight excluding hydrogens is 350 g/mol. The molecule has 0 aliphatic heterocycles. The molecule has 6 rings (SSSR count). The monoisotopic (exact) mass is 373 g/mol. The van der Waals surface area contributed by atoms with Crippen molar-refractivity contribution in [3.05, 3.63) is 96.1 Å². The first-order chi connectivity index (χ1) is 14.1. The summed E-state index contributed by atoms with van der Waals surface area (Å²) in [7, 11) is 2.15. The number of fused-ring (bicyclic) bond motifs is 6. The number of aryl methyl sites for hydroxylation is 1. The Kier molecular flexibility index (Phi) is 3.21. The third-order valence-corrected chi connectivity index (χ3v) is 6.83. The van der Waals surface area contributed by atoms with E-state index in [0.717, 1.165) is 0 Å². The number of rotatable bonds is 1. The molecule has 1 aliphatic carbocycles. The smallest absolute Gasteiger partial charge is 0.0489 e. The van der Waals surface area contributed by atoms with Gasteiger partial charge < -0.3 is 4.57 Å². The van der Waals surface area contributed by atoms with Gasteiger partial charge in [0.1, 0.15) is 0 Å². The molecule has 0 saturated carbocycles. The summed E-state index contributed by atoms with van der Waals surface area (Å²) in [5.74, 6) is 0. The molecule has 0 amide bonds. The van der Waals surface area contributed by atoms with Gasteiger partial charge >= 0.3 is 0 Å². The molecule has 29 heavy (non-hydrogen) atoms. The number of hydrogen-bond acceptors (Lipinski definition) is 0. The summed E-state index contributed by atoms with van der Waals surface area (Å²) in [6, 6.07) is 31.4. The number of nitrogens with zero attached hydrogens (tertiary/aromatic N) is 1. The second-order valence-electron chi connectivity index (χ2n) is 8.74. The molecule has 0 radical (unpaired) electrons. The van der Waals surface area contributed by atoms with Crippen molar-refractivity contribution in [1.29, 1.82) is 0 Å². The van der Waals surface area contributed by atoms with Crippen molar-refractivity contribution in [2.24, 2.45) is 7.05 Å². The van der Waals surface area contributed by atoms with E-state index in [2.05, 4.69) is 110 Å². The Labute approximate surface area is 171 Å². The zero-order chi connectivity index (χ0) is 19.8. The topological polar surface area (TPSA) is 4.93 Å². The van der Waals surface area contributed by atoms with Crippen molar-refractivity contribution in [3.63, 3.8) is 0 Å². The molecule has 1 heterocycles. The molecule has 0 bridgehead atoms. The molecule has 140 valence electrons. The van der Waals surface area contributed by atoms with Crippen LogP contribution in [-0.2, 0) is 12.5 Å². The summed E-state index contributed by atoms with van der Waals surface area (Å²) in [6.07, 6.45) is 0. The zero-order valence-electron chi connectivity index (χ0n) is 17.0. The van der Waals surface area contributed by atoms with Gasteiger partial charge in [0, 0.05) is 34.3 Å². The Hall–Kier alpha value is -3.32. The Morgan fingerprint density at radius 3 is 2.14 bits per heavy atom. The van der Waals surface area contributed by atoms with Gasteiger partial charge in [0.05, 0.1) is 0 Å². The summed E-state index contributed by atoms with van der Waals surface area (Å²) in [5.41, 5.74) is 10.8. The quantitative estimate of drug-likeness (QED) is 0.290. The third kappa shape index (κ3) is 2.16. The van der Waals surface area contributed by atoms with E-state index < -0.39 is 0 Å². The van der Waals surface area contributed by atoms with E-state index in [1.807, 2.05) is 0 Å². The van der Waals surface area contributed by atoms with Crippen molar-refractivity contribution >= 4 is 21.8 Å². The normalized spacial score (nSPS) is 14.3. The maximum atomic E-state index is 2.38. The van der Waals surface area contributed by atoms with Crippen LogP contribution >= 0.6 is 0 Å². The molecule has 0 unspecified atom stereocenters. The highest BCUT2D eigenvalue weighted by molar-refractivity contribution is 6.09. The van der Waals surface area contributed by atoms with Crippen LogP contribution in [0, 0.1) is 0 Å². The Morgan fingerprint density at radius 2 is 1.24 bits per heavy atom. The summed E-state index contributed by atoms with van der Waals surface area (Å²) in [6.45, 7) is 4.67. The van der Waals surface area contributed by atoms with E-state index in [0.29, 0.717) is 0 Å². The van der Waals surface area contributed by atoms with Gasteiger partial charge in [-0.15, -0.1) is 0 Å². The highest BCUT2D eigenvalue weighted by Gasteiger charge is 2.35. The fourth-order valence-electron chi connectivity index (χ4n) is 5.25. The van der Waals surface area contributed by atoms with Crippen LogP contribution in [0.5, 0.6) is 0 Å².